The standard InChI is InChI=1S/C17H15N3O2/c1-11-4-3-5-15(12(11)2)20-16(17(21)22)10-14(19-20)13-6-8-18-9-7-13/h3-10H,1-2H3,(H,21,22). The Morgan fingerprint density at radius 1 is 1.14 bits per heavy atom. The number of aryl methyl sites for hydroxylation is 1. The smallest absolute Gasteiger partial charge is 0.354 e. The summed E-state index contributed by atoms with van der Waals surface area (Å²) >= 11 is 0. The molecular formula is C17H15N3O2. The molecule has 5 nitrogen and oxygen atoms in total. The predicted molar refractivity (Wildman–Crippen MR) is 83.2 cm³/mol. The fourth-order valence-electron chi connectivity index (χ4n) is 2.35. The first-order valence-corrected chi connectivity index (χ1v) is 6.88. The van der Waals surface area contributed by atoms with Crippen molar-refractivity contribution in [3.63, 3.8) is 0 Å². The van der Waals surface area contributed by atoms with Gasteiger partial charge in [0.1, 0.15) is 0 Å². The first kappa shape index (κ1) is 14.0. The number of aromatic nitrogens is 3. The number of pyridine rings is 1. The maximum Gasteiger partial charge on any atom is 0.354 e. The van der Waals surface area contributed by atoms with E-state index in [1.165, 1.54) is 4.68 Å². The highest BCUT2D eigenvalue weighted by Gasteiger charge is 2.18. The van der Waals surface area contributed by atoms with E-state index >= 15 is 0 Å². The summed E-state index contributed by atoms with van der Waals surface area (Å²) in [5.74, 6) is -1.01. The van der Waals surface area contributed by atoms with Crippen LogP contribution in [0.15, 0.2) is 48.8 Å². The molecule has 0 bridgehead atoms. The second-order valence-electron chi connectivity index (χ2n) is 5.09. The maximum atomic E-state index is 11.6. The molecule has 1 aromatic carbocycles. The number of carbonyl (C=O) groups is 1. The van der Waals surface area contributed by atoms with Crippen LogP contribution in [0.25, 0.3) is 16.9 Å². The molecule has 2 heterocycles. The molecule has 0 fully saturated rings. The van der Waals surface area contributed by atoms with Crippen molar-refractivity contribution in [3.05, 3.63) is 65.6 Å². The van der Waals surface area contributed by atoms with E-state index in [1.54, 1.807) is 30.6 Å². The molecule has 3 aromatic rings. The zero-order valence-electron chi connectivity index (χ0n) is 12.3. The van der Waals surface area contributed by atoms with E-state index < -0.39 is 5.97 Å². The molecule has 110 valence electrons. The fourth-order valence-corrected chi connectivity index (χ4v) is 2.35. The Kier molecular flexibility index (Phi) is 3.47. The number of nitrogens with zero attached hydrogens (tertiary/aromatic N) is 3. The van der Waals surface area contributed by atoms with Crippen molar-refractivity contribution in [2.24, 2.45) is 0 Å². The molecule has 0 aliphatic carbocycles. The third-order valence-electron chi connectivity index (χ3n) is 3.71. The average Bonchev–Trinajstić information content (AvgIpc) is 2.96. The minimum atomic E-state index is -1.01. The van der Waals surface area contributed by atoms with Crippen LogP contribution >= 0.6 is 0 Å². The highest BCUT2D eigenvalue weighted by Crippen LogP contribution is 2.24. The van der Waals surface area contributed by atoms with Gasteiger partial charge in [-0.15, -0.1) is 0 Å². The Bertz CT molecular complexity index is 838. The maximum absolute atomic E-state index is 11.6. The van der Waals surface area contributed by atoms with Crippen molar-refractivity contribution < 1.29 is 9.90 Å². The molecule has 0 atom stereocenters. The second-order valence-corrected chi connectivity index (χ2v) is 5.09. The summed E-state index contributed by atoms with van der Waals surface area (Å²) in [5.41, 5.74) is 4.46. The minimum absolute atomic E-state index is 0.139. The number of carboxylic acids is 1. The summed E-state index contributed by atoms with van der Waals surface area (Å²) < 4.78 is 1.49. The van der Waals surface area contributed by atoms with Crippen LogP contribution in [0.3, 0.4) is 0 Å². The topological polar surface area (TPSA) is 68.0 Å². The molecule has 0 amide bonds. The van der Waals surface area contributed by atoms with E-state index in [9.17, 15) is 9.90 Å². The van der Waals surface area contributed by atoms with Gasteiger partial charge in [0.25, 0.3) is 0 Å². The number of hydrogen-bond donors (Lipinski definition) is 1. The van der Waals surface area contributed by atoms with Gasteiger partial charge in [-0.25, -0.2) is 9.48 Å². The summed E-state index contributed by atoms with van der Waals surface area (Å²) in [5, 5.41) is 14.0. The van der Waals surface area contributed by atoms with Gasteiger partial charge in [0, 0.05) is 18.0 Å². The largest absolute Gasteiger partial charge is 0.477 e. The van der Waals surface area contributed by atoms with Crippen LogP contribution in [-0.2, 0) is 0 Å². The Morgan fingerprint density at radius 2 is 1.86 bits per heavy atom. The van der Waals surface area contributed by atoms with Gasteiger partial charge in [-0.05, 0) is 49.2 Å². The minimum Gasteiger partial charge on any atom is -0.477 e. The summed E-state index contributed by atoms with van der Waals surface area (Å²) in [6, 6.07) is 11.0. The molecule has 3 rings (SSSR count). The molecule has 0 saturated heterocycles. The fraction of sp³-hybridized carbons (Fsp3) is 0.118. The van der Waals surface area contributed by atoms with Gasteiger partial charge in [0.15, 0.2) is 5.69 Å². The van der Waals surface area contributed by atoms with Crippen LogP contribution < -0.4 is 0 Å². The Labute approximate surface area is 127 Å². The normalized spacial score (nSPS) is 10.6. The predicted octanol–water partition coefficient (Wildman–Crippen LogP) is 3.25. The lowest BCUT2D eigenvalue weighted by atomic mass is 10.1. The highest BCUT2D eigenvalue weighted by atomic mass is 16.4. The van der Waals surface area contributed by atoms with Crippen LogP contribution in [0.2, 0.25) is 0 Å². The van der Waals surface area contributed by atoms with Crippen LogP contribution in [0.1, 0.15) is 21.6 Å². The van der Waals surface area contributed by atoms with Gasteiger partial charge in [0.05, 0.1) is 11.4 Å². The van der Waals surface area contributed by atoms with Gasteiger partial charge in [-0.1, -0.05) is 12.1 Å². The average molecular weight is 293 g/mol. The lowest BCUT2D eigenvalue weighted by Gasteiger charge is -2.10. The van der Waals surface area contributed by atoms with E-state index in [0.717, 1.165) is 22.4 Å². The van der Waals surface area contributed by atoms with Gasteiger partial charge in [0.2, 0.25) is 0 Å². The quantitative estimate of drug-likeness (QED) is 0.805. The highest BCUT2D eigenvalue weighted by molar-refractivity contribution is 5.88. The number of rotatable bonds is 3. The van der Waals surface area contributed by atoms with Crippen LogP contribution in [-0.4, -0.2) is 25.8 Å². The molecule has 22 heavy (non-hydrogen) atoms. The Morgan fingerprint density at radius 3 is 2.55 bits per heavy atom. The number of aromatic carboxylic acids is 1. The Balaban J connectivity index is 2.21. The van der Waals surface area contributed by atoms with Crippen molar-refractivity contribution in [1.29, 1.82) is 0 Å². The van der Waals surface area contributed by atoms with E-state index in [4.69, 9.17) is 0 Å². The number of hydrogen-bond acceptors (Lipinski definition) is 3. The SMILES string of the molecule is Cc1cccc(-n2nc(-c3ccncc3)cc2C(=O)O)c1C. The molecule has 0 saturated carbocycles. The van der Waals surface area contributed by atoms with Crippen molar-refractivity contribution >= 4 is 5.97 Å². The second kappa shape index (κ2) is 5.44. The summed E-state index contributed by atoms with van der Waals surface area (Å²) in [6.07, 6.45) is 3.32. The van der Waals surface area contributed by atoms with E-state index in [1.807, 2.05) is 32.0 Å². The summed E-state index contributed by atoms with van der Waals surface area (Å²) in [4.78, 5) is 15.5. The lowest BCUT2D eigenvalue weighted by Crippen LogP contribution is -2.09. The first-order chi connectivity index (χ1) is 10.6. The molecule has 0 aliphatic heterocycles. The van der Waals surface area contributed by atoms with Gasteiger partial charge in [-0.2, -0.15) is 5.10 Å². The van der Waals surface area contributed by atoms with Crippen LogP contribution in [0.4, 0.5) is 0 Å². The van der Waals surface area contributed by atoms with Gasteiger partial charge in [-0.3, -0.25) is 4.98 Å². The molecule has 0 aliphatic rings. The molecular weight excluding hydrogens is 278 g/mol. The van der Waals surface area contributed by atoms with Crippen molar-refractivity contribution in [3.8, 4) is 16.9 Å². The Hall–Kier alpha value is -2.95. The summed E-state index contributed by atoms with van der Waals surface area (Å²) in [7, 11) is 0. The molecule has 0 unspecified atom stereocenters. The van der Waals surface area contributed by atoms with E-state index in [-0.39, 0.29) is 5.69 Å². The van der Waals surface area contributed by atoms with E-state index in [2.05, 4.69) is 10.1 Å². The molecule has 0 radical (unpaired) electrons. The monoisotopic (exact) mass is 293 g/mol. The molecule has 2 aromatic heterocycles. The lowest BCUT2D eigenvalue weighted by molar-refractivity contribution is 0.0687. The number of carboxylic acid groups (broad SMARTS) is 1. The third kappa shape index (κ3) is 2.37. The molecule has 5 heteroatoms. The number of benzene rings is 1. The zero-order valence-corrected chi connectivity index (χ0v) is 12.3. The molecule has 0 spiro atoms. The van der Waals surface area contributed by atoms with Crippen LogP contribution in [0, 0.1) is 13.8 Å². The van der Waals surface area contributed by atoms with Crippen LogP contribution in [0.5, 0.6) is 0 Å². The zero-order chi connectivity index (χ0) is 15.7. The van der Waals surface area contributed by atoms with Crippen molar-refractivity contribution in [2.75, 3.05) is 0 Å². The van der Waals surface area contributed by atoms with Crippen molar-refractivity contribution in [1.82, 2.24) is 14.8 Å². The van der Waals surface area contributed by atoms with Gasteiger partial charge < -0.3 is 5.11 Å². The molecule has 1 N–H and O–H groups in total. The van der Waals surface area contributed by atoms with E-state index in [0.29, 0.717) is 5.69 Å². The third-order valence-corrected chi connectivity index (χ3v) is 3.71. The van der Waals surface area contributed by atoms with Gasteiger partial charge >= 0.3 is 5.97 Å². The first-order valence-electron chi connectivity index (χ1n) is 6.88. The van der Waals surface area contributed by atoms with Crippen molar-refractivity contribution in [2.45, 2.75) is 13.8 Å². The summed E-state index contributed by atoms with van der Waals surface area (Å²) in [6.45, 7) is 3.95.